The van der Waals surface area contributed by atoms with Crippen LogP contribution in [0.5, 0.6) is 0 Å². The van der Waals surface area contributed by atoms with E-state index in [0.29, 0.717) is 20.9 Å². The van der Waals surface area contributed by atoms with E-state index in [1.807, 2.05) is 0 Å². The number of carbonyl (C=O) groups excluding carboxylic acids is 1. The zero-order valence-electron chi connectivity index (χ0n) is 14.7. The summed E-state index contributed by atoms with van der Waals surface area (Å²) < 4.78 is 39.1. The van der Waals surface area contributed by atoms with Crippen LogP contribution in [-0.4, -0.2) is 31.1 Å². The van der Waals surface area contributed by atoms with Crippen LogP contribution in [-0.2, 0) is 17.4 Å². The van der Waals surface area contributed by atoms with E-state index in [1.165, 1.54) is 23.7 Å². The first-order valence-corrected chi connectivity index (χ1v) is 9.91. The lowest BCUT2D eigenvalue weighted by Crippen LogP contribution is -2.21. The number of aromatic nitrogens is 5. The van der Waals surface area contributed by atoms with Gasteiger partial charge in [-0.05, 0) is 28.1 Å². The number of pyridine rings is 2. The second-order valence-electron chi connectivity index (χ2n) is 6.13. The van der Waals surface area contributed by atoms with Gasteiger partial charge in [0.15, 0.2) is 5.82 Å². The number of nitrogens with one attached hydrogen (secondary N) is 3. The van der Waals surface area contributed by atoms with Crippen molar-refractivity contribution in [2.24, 2.45) is 0 Å². The van der Waals surface area contributed by atoms with Crippen LogP contribution in [0.4, 0.5) is 18.2 Å². The first-order valence-electron chi connectivity index (χ1n) is 8.24. The zero-order valence-corrected chi connectivity index (χ0v) is 17.1. The molecule has 30 heavy (non-hydrogen) atoms. The molecule has 0 radical (unpaired) electrons. The third-order valence-corrected chi connectivity index (χ3v) is 5.92. The highest BCUT2D eigenvalue weighted by molar-refractivity contribution is 9.10. The second kappa shape index (κ2) is 7.65. The van der Waals surface area contributed by atoms with Crippen LogP contribution < -0.4 is 10.9 Å². The fraction of sp³-hybridized carbons (Fsp3) is 0.118. The molecule has 8 nitrogen and oxygen atoms in total. The van der Waals surface area contributed by atoms with Crippen molar-refractivity contribution < 1.29 is 18.0 Å². The van der Waals surface area contributed by atoms with E-state index in [-0.39, 0.29) is 22.9 Å². The summed E-state index contributed by atoms with van der Waals surface area (Å²) in [5.41, 5.74) is -1.07. The summed E-state index contributed by atoms with van der Waals surface area (Å²) in [5, 5.41) is 11.8. The number of alkyl halides is 3. The fourth-order valence-corrected chi connectivity index (χ4v) is 4.38. The Hall–Kier alpha value is -3.06. The molecule has 0 saturated heterocycles. The van der Waals surface area contributed by atoms with Gasteiger partial charge in [0, 0.05) is 27.0 Å². The van der Waals surface area contributed by atoms with Crippen LogP contribution in [0.25, 0.3) is 22.3 Å². The third-order valence-electron chi connectivity index (χ3n) is 4.10. The number of halogens is 4. The first kappa shape index (κ1) is 20.2. The lowest BCUT2D eigenvalue weighted by Gasteiger charge is -2.08. The van der Waals surface area contributed by atoms with Crippen molar-refractivity contribution in [3.63, 3.8) is 0 Å². The molecule has 0 aliphatic heterocycles. The van der Waals surface area contributed by atoms with Gasteiger partial charge in [-0.2, -0.15) is 18.3 Å². The second-order valence-corrected chi connectivity index (χ2v) is 7.86. The normalized spacial score (nSPS) is 11.7. The number of rotatable bonds is 4. The fourth-order valence-electron chi connectivity index (χ4n) is 2.75. The van der Waals surface area contributed by atoms with Crippen LogP contribution >= 0.6 is 27.3 Å². The number of hydrogen-bond donors (Lipinski definition) is 3. The van der Waals surface area contributed by atoms with Crippen LogP contribution in [0.3, 0.4) is 0 Å². The predicted molar refractivity (Wildman–Crippen MR) is 107 cm³/mol. The molecule has 3 N–H and O–H groups in total. The van der Waals surface area contributed by atoms with E-state index in [2.05, 4.69) is 46.4 Å². The summed E-state index contributed by atoms with van der Waals surface area (Å²) in [6.45, 7) is 0. The van der Waals surface area contributed by atoms with Crippen molar-refractivity contribution >= 4 is 49.1 Å². The molecule has 0 aliphatic rings. The first-order chi connectivity index (χ1) is 14.2. The minimum Gasteiger partial charge on any atom is -0.322 e. The Balaban J connectivity index is 1.58. The van der Waals surface area contributed by atoms with Crippen molar-refractivity contribution in [2.45, 2.75) is 12.6 Å². The minimum absolute atomic E-state index is 0.0127. The maximum Gasteiger partial charge on any atom is 0.433 e. The van der Waals surface area contributed by atoms with Gasteiger partial charge in [-0.15, -0.1) is 11.3 Å². The Labute approximate surface area is 177 Å². The maximum absolute atomic E-state index is 12.8. The van der Waals surface area contributed by atoms with Crippen LogP contribution in [0.2, 0.25) is 0 Å². The molecule has 154 valence electrons. The van der Waals surface area contributed by atoms with Crippen molar-refractivity contribution in [1.29, 1.82) is 0 Å². The summed E-state index contributed by atoms with van der Waals surface area (Å²) in [4.78, 5) is 34.6. The Morgan fingerprint density at radius 1 is 1.27 bits per heavy atom. The van der Waals surface area contributed by atoms with E-state index in [9.17, 15) is 22.8 Å². The monoisotopic (exact) mass is 498 g/mol. The molecular weight excluding hydrogens is 489 g/mol. The van der Waals surface area contributed by atoms with Gasteiger partial charge >= 0.3 is 6.18 Å². The number of anilines is 1. The average Bonchev–Trinajstić information content (AvgIpc) is 3.31. The summed E-state index contributed by atoms with van der Waals surface area (Å²) in [6.07, 6.45) is -2.57. The number of hydrogen-bond acceptors (Lipinski definition) is 6. The van der Waals surface area contributed by atoms with Gasteiger partial charge in [-0.3, -0.25) is 19.7 Å². The standard InChI is InChI=1S/C17H10BrF3N6O2S/c18-9-5-30-16(13(9)14-23-6-24-27-14)26-12(28)2-7-1-8-4-22-11(17(19,20)21)3-10(8)25-15(7)29/h1,3-6H,2H2,(H,25,29)(H,26,28)(H,23,24,27). The van der Waals surface area contributed by atoms with Gasteiger partial charge < -0.3 is 10.3 Å². The summed E-state index contributed by atoms with van der Waals surface area (Å²) >= 11 is 4.64. The molecule has 0 bridgehead atoms. The van der Waals surface area contributed by atoms with E-state index in [4.69, 9.17) is 0 Å². The molecule has 4 aromatic rings. The predicted octanol–water partition coefficient (Wildman–Crippen LogP) is 3.73. The van der Waals surface area contributed by atoms with Crippen LogP contribution in [0.15, 0.2) is 39.3 Å². The molecule has 0 aromatic carbocycles. The Morgan fingerprint density at radius 2 is 2.07 bits per heavy atom. The Morgan fingerprint density at radius 3 is 2.77 bits per heavy atom. The molecule has 0 spiro atoms. The van der Waals surface area contributed by atoms with E-state index in [1.54, 1.807) is 5.38 Å². The van der Waals surface area contributed by atoms with Crippen molar-refractivity contribution in [3.8, 4) is 11.4 Å². The lowest BCUT2D eigenvalue weighted by atomic mass is 10.1. The number of nitrogens with zero attached hydrogens (tertiary/aromatic N) is 3. The zero-order chi connectivity index (χ0) is 21.5. The summed E-state index contributed by atoms with van der Waals surface area (Å²) in [6, 6.07) is 2.11. The van der Waals surface area contributed by atoms with Crippen LogP contribution in [0, 0.1) is 0 Å². The van der Waals surface area contributed by atoms with E-state index >= 15 is 0 Å². The number of carbonyl (C=O) groups is 1. The highest BCUT2D eigenvalue weighted by Crippen LogP contribution is 2.38. The van der Waals surface area contributed by atoms with Crippen molar-refractivity contribution in [3.05, 3.63) is 56.1 Å². The third kappa shape index (κ3) is 3.98. The van der Waals surface area contributed by atoms with Gasteiger partial charge in [0.2, 0.25) is 5.91 Å². The highest BCUT2D eigenvalue weighted by atomic mass is 79.9. The van der Waals surface area contributed by atoms with Crippen LogP contribution in [0.1, 0.15) is 11.3 Å². The number of fused-ring (bicyclic) bond motifs is 1. The largest absolute Gasteiger partial charge is 0.433 e. The maximum atomic E-state index is 12.8. The number of H-pyrrole nitrogens is 2. The van der Waals surface area contributed by atoms with Crippen molar-refractivity contribution in [2.75, 3.05) is 5.32 Å². The van der Waals surface area contributed by atoms with Gasteiger partial charge in [0.1, 0.15) is 17.0 Å². The van der Waals surface area contributed by atoms with Crippen molar-refractivity contribution in [1.82, 2.24) is 25.1 Å². The van der Waals surface area contributed by atoms with E-state index < -0.39 is 23.3 Å². The van der Waals surface area contributed by atoms with E-state index in [0.717, 1.165) is 12.3 Å². The summed E-state index contributed by atoms with van der Waals surface area (Å²) in [5.74, 6) is -0.0247. The van der Waals surface area contributed by atoms with Gasteiger partial charge in [0.05, 0.1) is 17.5 Å². The summed E-state index contributed by atoms with van der Waals surface area (Å²) in [7, 11) is 0. The topological polar surface area (TPSA) is 116 Å². The van der Waals surface area contributed by atoms with Gasteiger partial charge in [-0.25, -0.2) is 4.98 Å². The quantitative estimate of drug-likeness (QED) is 0.396. The lowest BCUT2D eigenvalue weighted by molar-refractivity contribution is -0.141. The molecule has 0 saturated carbocycles. The van der Waals surface area contributed by atoms with Gasteiger partial charge in [-0.1, -0.05) is 0 Å². The number of amides is 1. The molecule has 0 fully saturated rings. The number of aromatic amines is 2. The molecule has 0 unspecified atom stereocenters. The number of thiophene rings is 1. The molecule has 0 aliphatic carbocycles. The SMILES string of the molecule is O=C(Cc1cc2cnc(C(F)(F)F)cc2[nH]c1=O)Nc1scc(Br)c1-c1ncn[nH]1. The van der Waals surface area contributed by atoms with Gasteiger partial charge in [0.25, 0.3) is 5.56 Å². The molecule has 13 heteroatoms. The molecule has 4 heterocycles. The highest BCUT2D eigenvalue weighted by Gasteiger charge is 2.32. The Kier molecular flexibility index (Phi) is 5.15. The Bertz CT molecular complexity index is 1300. The minimum atomic E-state index is -4.63. The molecule has 4 rings (SSSR count). The molecular formula is C17H10BrF3N6O2S. The molecule has 4 aromatic heterocycles. The molecule has 1 amide bonds. The molecule has 0 atom stereocenters. The average molecular weight is 499 g/mol. The smallest absolute Gasteiger partial charge is 0.322 e.